The summed E-state index contributed by atoms with van der Waals surface area (Å²) in [6.07, 6.45) is 6.22. The van der Waals surface area contributed by atoms with Gasteiger partial charge in [0.1, 0.15) is 5.69 Å². The van der Waals surface area contributed by atoms with Gasteiger partial charge in [0, 0.05) is 6.20 Å². The van der Waals surface area contributed by atoms with Gasteiger partial charge in [-0.2, -0.15) is 5.10 Å². The lowest BCUT2D eigenvalue weighted by molar-refractivity contribution is 0.574. The normalized spacial score (nSPS) is 14.5. The molecule has 3 heteroatoms. The highest BCUT2D eigenvalue weighted by molar-refractivity contribution is 5.50. The van der Waals surface area contributed by atoms with Gasteiger partial charge in [-0.05, 0) is 31.0 Å². The van der Waals surface area contributed by atoms with E-state index in [0.29, 0.717) is 6.04 Å². The van der Waals surface area contributed by atoms with Crippen LogP contribution >= 0.6 is 0 Å². The minimum atomic E-state index is 0.642. The maximum atomic E-state index is 5.26. The van der Waals surface area contributed by atoms with Crippen LogP contribution in [-0.2, 0) is 0 Å². The second-order valence-corrected chi connectivity index (χ2v) is 3.39. The average molecular weight is 204 g/mol. The Morgan fingerprint density at radius 1 is 1.33 bits per heavy atom. The quantitative estimate of drug-likeness (QED) is 0.749. The van der Waals surface area contributed by atoms with E-state index in [1.807, 2.05) is 42.9 Å². The fraction of sp³-hybridized carbons (Fsp3) is 0.417. The van der Waals surface area contributed by atoms with E-state index in [1.165, 1.54) is 12.8 Å². The minimum absolute atomic E-state index is 0.642. The van der Waals surface area contributed by atoms with Crippen LogP contribution in [0.25, 0.3) is 11.5 Å². The van der Waals surface area contributed by atoms with Gasteiger partial charge in [0.2, 0.25) is 0 Å². The molecule has 3 rings (SSSR count). The van der Waals surface area contributed by atoms with Crippen LogP contribution in [-0.4, -0.2) is 9.78 Å². The Morgan fingerprint density at radius 3 is 2.73 bits per heavy atom. The van der Waals surface area contributed by atoms with Gasteiger partial charge in [-0.15, -0.1) is 0 Å². The molecule has 1 fully saturated rings. The molecule has 3 nitrogen and oxygen atoms in total. The number of furan rings is 1. The van der Waals surface area contributed by atoms with Crippen molar-refractivity contribution in [2.24, 2.45) is 0 Å². The number of aromatic nitrogens is 2. The minimum Gasteiger partial charge on any atom is -0.463 e. The topological polar surface area (TPSA) is 31.0 Å². The smallest absolute Gasteiger partial charge is 0.154 e. The van der Waals surface area contributed by atoms with Gasteiger partial charge in [-0.1, -0.05) is 13.8 Å². The molecule has 2 aromatic rings. The van der Waals surface area contributed by atoms with Crippen molar-refractivity contribution in [3.63, 3.8) is 0 Å². The van der Waals surface area contributed by atoms with Crippen molar-refractivity contribution < 1.29 is 4.42 Å². The van der Waals surface area contributed by atoms with Crippen LogP contribution in [0.2, 0.25) is 0 Å². The zero-order chi connectivity index (χ0) is 10.7. The molecule has 2 heterocycles. The zero-order valence-corrected chi connectivity index (χ0v) is 9.18. The summed E-state index contributed by atoms with van der Waals surface area (Å²) in [5.41, 5.74) is 0.928. The molecule has 0 bridgehead atoms. The van der Waals surface area contributed by atoms with Gasteiger partial charge >= 0.3 is 0 Å². The molecule has 0 saturated heterocycles. The third kappa shape index (κ3) is 2.12. The van der Waals surface area contributed by atoms with Crippen molar-refractivity contribution in [3.8, 4) is 11.5 Å². The summed E-state index contributed by atoms with van der Waals surface area (Å²) in [6.45, 7) is 4.00. The van der Waals surface area contributed by atoms with E-state index in [4.69, 9.17) is 4.42 Å². The van der Waals surface area contributed by atoms with Gasteiger partial charge in [-0.3, -0.25) is 4.68 Å². The summed E-state index contributed by atoms with van der Waals surface area (Å²) >= 11 is 0. The van der Waals surface area contributed by atoms with Gasteiger partial charge in [0.05, 0.1) is 12.3 Å². The van der Waals surface area contributed by atoms with Crippen molar-refractivity contribution in [1.82, 2.24) is 9.78 Å². The van der Waals surface area contributed by atoms with Crippen molar-refractivity contribution in [1.29, 1.82) is 0 Å². The molecule has 15 heavy (non-hydrogen) atoms. The molecule has 0 radical (unpaired) electrons. The van der Waals surface area contributed by atoms with E-state index < -0.39 is 0 Å². The van der Waals surface area contributed by atoms with E-state index in [-0.39, 0.29) is 0 Å². The fourth-order valence-corrected chi connectivity index (χ4v) is 1.44. The van der Waals surface area contributed by atoms with Crippen LogP contribution < -0.4 is 0 Å². The molecular formula is C12H16N2O. The first kappa shape index (κ1) is 10.0. The van der Waals surface area contributed by atoms with Gasteiger partial charge in [-0.25, -0.2) is 0 Å². The lowest BCUT2D eigenvalue weighted by atomic mass is 10.3. The van der Waals surface area contributed by atoms with E-state index >= 15 is 0 Å². The first-order chi connectivity index (χ1) is 7.43. The Bertz CT molecular complexity index is 399. The maximum absolute atomic E-state index is 5.26. The Morgan fingerprint density at radius 2 is 2.13 bits per heavy atom. The SMILES string of the molecule is CC.c1coc(-c2ccn(C3CC3)n2)c1. The Labute approximate surface area is 89.7 Å². The van der Waals surface area contributed by atoms with E-state index in [1.54, 1.807) is 6.26 Å². The molecule has 0 aromatic carbocycles. The molecule has 2 aromatic heterocycles. The number of hydrogen-bond donors (Lipinski definition) is 0. The Hall–Kier alpha value is -1.51. The van der Waals surface area contributed by atoms with Gasteiger partial charge in [0.15, 0.2) is 5.76 Å². The lowest BCUT2D eigenvalue weighted by Crippen LogP contribution is -1.93. The van der Waals surface area contributed by atoms with Crippen molar-refractivity contribution in [3.05, 3.63) is 30.7 Å². The van der Waals surface area contributed by atoms with Crippen molar-refractivity contribution in [2.45, 2.75) is 32.7 Å². The fourth-order valence-electron chi connectivity index (χ4n) is 1.44. The molecule has 0 atom stereocenters. The highest BCUT2D eigenvalue weighted by Gasteiger charge is 2.24. The number of rotatable bonds is 2. The van der Waals surface area contributed by atoms with E-state index in [0.717, 1.165) is 11.5 Å². The number of nitrogens with zero attached hydrogens (tertiary/aromatic N) is 2. The highest BCUT2D eigenvalue weighted by atomic mass is 16.3. The highest BCUT2D eigenvalue weighted by Crippen LogP contribution is 2.34. The lowest BCUT2D eigenvalue weighted by Gasteiger charge is -1.93. The molecule has 0 amide bonds. The second kappa shape index (κ2) is 4.34. The monoisotopic (exact) mass is 204 g/mol. The summed E-state index contributed by atoms with van der Waals surface area (Å²) in [5, 5.41) is 4.44. The Balaban J connectivity index is 0.000000404. The number of hydrogen-bond acceptors (Lipinski definition) is 2. The van der Waals surface area contributed by atoms with Crippen LogP contribution in [0.4, 0.5) is 0 Å². The average Bonchev–Trinajstić information content (AvgIpc) is 2.85. The van der Waals surface area contributed by atoms with E-state index in [9.17, 15) is 0 Å². The van der Waals surface area contributed by atoms with Crippen molar-refractivity contribution in [2.75, 3.05) is 0 Å². The first-order valence-corrected chi connectivity index (χ1v) is 5.52. The molecule has 80 valence electrons. The molecule has 0 N–H and O–H groups in total. The summed E-state index contributed by atoms with van der Waals surface area (Å²) in [4.78, 5) is 0. The van der Waals surface area contributed by atoms with Gasteiger partial charge in [0.25, 0.3) is 0 Å². The summed E-state index contributed by atoms with van der Waals surface area (Å²) in [5.74, 6) is 0.847. The molecular weight excluding hydrogens is 188 g/mol. The van der Waals surface area contributed by atoms with E-state index in [2.05, 4.69) is 5.10 Å². The first-order valence-electron chi connectivity index (χ1n) is 5.52. The predicted molar refractivity (Wildman–Crippen MR) is 59.5 cm³/mol. The largest absolute Gasteiger partial charge is 0.463 e. The summed E-state index contributed by atoms with van der Waals surface area (Å²) < 4.78 is 7.28. The molecule has 1 saturated carbocycles. The van der Waals surface area contributed by atoms with Crippen LogP contribution in [0.5, 0.6) is 0 Å². The maximum Gasteiger partial charge on any atom is 0.154 e. The summed E-state index contributed by atoms with van der Waals surface area (Å²) in [7, 11) is 0. The summed E-state index contributed by atoms with van der Waals surface area (Å²) in [6, 6.07) is 6.45. The van der Waals surface area contributed by atoms with Crippen LogP contribution in [0.1, 0.15) is 32.7 Å². The van der Waals surface area contributed by atoms with Gasteiger partial charge < -0.3 is 4.42 Å². The molecule has 0 aliphatic heterocycles. The predicted octanol–water partition coefficient (Wildman–Crippen LogP) is 3.50. The second-order valence-electron chi connectivity index (χ2n) is 3.39. The molecule has 1 aliphatic carbocycles. The molecule has 0 spiro atoms. The standard InChI is InChI=1S/C10H10N2O.C2H6/c1-2-10(13-7-1)9-5-6-12(11-9)8-3-4-8;1-2/h1-2,5-8H,3-4H2;1-2H3. The Kier molecular flexibility index (Phi) is 2.90. The molecule has 1 aliphatic rings. The third-order valence-corrected chi connectivity index (χ3v) is 2.30. The zero-order valence-electron chi connectivity index (χ0n) is 9.18. The molecule has 0 unspecified atom stereocenters. The third-order valence-electron chi connectivity index (χ3n) is 2.30. The van der Waals surface area contributed by atoms with Crippen LogP contribution in [0, 0.1) is 0 Å². The van der Waals surface area contributed by atoms with Crippen LogP contribution in [0.15, 0.2) is 35.1 Å². The van der Waals surface area contributed by atoms with Crippen LogP contribution in [0.3, 0.4) is 0 Å². The van der Waals surface area contributed by atoms with Crippen molar-refractivity contribution >= 4 is 0 Å².